The van der Waals surface area contributed by atoms with E-state index in [2.05, 4.69) is 20.5 Å². The van der Waals surface area contributed by atoms with Crippen LogP contribution in [-0.2, 0) is 6.54 Å². The lowest BCUT2D eigenvalue weighted by Gasteiger charge is -2.39. The maximum absolute atomic E-state index is 12.1. The fraction of sp³-hybridized carbons (Fsp3) is 0.526. The van der Waals surface area contributed by atoms with Crippen molar-refractivity contribution in [3.63, 3.8) is 0 Å². The van der Waals surface area contributed by atoms with Crippen molar-refractivity contribution in [2.45, 2.75) is 25.4 Å². The highest BCUT2D eigenvalue weighted by Gasteiger charge is 2.31. The second-order valence-corrected chi connectivity index (χ2v) is 7.24. The molecule has 2 fully saturated rings. The standard InChI is InChI=1S/C19H25N5O3/c1-26-17-5-3-4-14(18(17)27-2)9-23-10-15(11-23)24-12-16(21-22-24)19(25)20-8-13-6-7-13/h3-5,12-13,15H,6-11H2,1-2H3,(H,20,25). The van der Waals surface area contributed by atoms with E-state index in [1.807, 2.05) is 18.2 Å². The predicted octanol–water partition coefficient (Wildman–Crippen LogP) is 1.49. The number of nitrogens with zero attached hydrogens (tertiary/aromatic N) is 4. The molecule has 1 aliphatic carbocycles. The molecule has 2 aliphatic rings. The second kappa shape index (κ2) is 7.56. The molecule has 1 aromatic heterocycles. The number of benzene rings is 1. The Bertz CT molecular complexity index is 811. The maximum atomic E-state index is 12.1. The van der Waals surface area contributed by atoms with Gasteiger partial charge in [0, 0.05) is 31.7 Å². The number of likely N-dealkylation sites (tertiary alicyclic amines) is 1. The number of aromatic nitrogens is 3. The minimum absolute atomic E-state index is 0.134. The Labute approximate surface area is 158 Å². The van der Waals surface area contributed by atoms with Gasteiger partial charge < -0.3 is 14.8 Å². The molecular formula is C19H25N5O3. The van der Waals surface area contributed by atoms with Crippen molar-refractivity contribution >= 4 is 5.91 Å². The monoisotopic (exact) mass is 371 g/mol. The molecule has 1 N–H and O–H groups in total. The molecule has 2 heterocycles. The van der Waals surface area contributed by atoms with Crippen LogP contribution in [0.4, 0.5) is 0 Å². The number of carbonyl (C=O) groups excluding carboxylic acids is 1. The normalized spacial score (nSPS) is 17.4. The van der Waals surface area contributed by atoms with Crippen LogP contribution in [0.15, 0.2) is 24.4 Å². The van der Waals surface area contributed by atoms with Crippen molar-refractivity contribution in [3.05, 3.63) is 35.7 Å². The molecule has 2 aromatic rings. The molecule has 8 nitrogen and oxygen atoms in total. The molecule has 0 unspecified atom stereocenters. The smallest absolute Gasteiger partial charge is 0.273 e. The minimum Gasteiger partial charge on any atom is -0.493 e. The van der Waals surface area contributed by atoms with Gasteiger partial charge in [0.1, 0.15) is 0 Å². The summed E-state index contributed by atoms with van der Waals surface area (Å²) in [6, 6.07) is 6.15. The summed E-state index contributed by atoms with van der Waals surface area (Å²) >= 11 is 0. The Morgan fingerprint density at radius 2 is 2.07 bits per heavy atom. The van der Waals surface area contributed by atoms with Crippen LogP contribution in [0.1, 0.15) is 34.9 Å². The van der Waals surface area contributed by atoms with E-state index in [0.29, 0.717) is 11.6 Å². The van der Waals surface area contributed by atoms with E-state index < -0.39 is 0 Å². The van der Waals surface area contributed by atoms with Crippen LogP contribution in [0.2, 0.25) is 0 Å². The van der Waals surface area contributed by atoms with E-state index in [0.717, 1.165) is 43.2 Å². The van der Waals surface area contributed by atoms with Crippen molar-refractivity contribution in [1.29, 1.82) is 0 Å². The van der Waals surface area contributed by atoms with Crippen LogP contribution >= 0.6 is 0 Å². The van der Waals surface area contributed by atoms with Crippen molar-refractivity contribution in [1.82, 2.24) is 25.2 Å². The molecule has 1 aromatic carbocycles. The highest BCUT2D eigenvalue weighted by Crippen LogP contribution is 2.33. The van der Waals surface area contributed by atoms with E-state index >= 15 is 0 Å². The lowest BCUT2D eigenvalue weighted by atomic mass is 10.1. The summed E-state index contributed by atoms with van der Waals surface area (Å²) < 4.78 is 12.7. The lowest BCUT2D eigenvalue weighted by molar-refractivity contribution is 0.0884. The van der Waals surface area contributed by atoms with E-state index in [9.17, 15) is 4.79 Å². The van der Waals surface area contributed by atoms with Gasteiger partial charge in [0.2, 0.25) is 0 Å². The number of methoxy groups -OCH3 is 2. The Morgan fingerprint density at radius 3 is 2.78 bits per heavy atom. The first kappa shape index (κ1) is 17.8. The minimum atomic E-state index is -0.134. The van der Waals surface area contributed by atoms with E-state index in [-0.39, 0.29) is 11.9 Å². The third-order valence-electron chi connectivity index (χ3n) is 5.18. The molecular weight excluding hydrogens is 346 g/mol. The fourth-order valence-corrected chi connectivity index (χ4v) is 3.37. The van der Waals surface area contributed by atoms with Gasteiger partial charge in [-0.3, -0.25) is 9.69 Å². The molecule has 1 amide bonds. The number of rotatable bonds is 8. The molecule has 8 heteroatoms. The zero-order chi connectivity index (χ0) is 18.8. The van der Waals surface area contributed by atoms with Gasteiger partial charge in [-0.2, -0.15) is 0 Å². The summed E-state index contributed by atoms with van der Waals surface area (Å²) in [7, 11) is 3.30. The van der Waals surface area contributed by atoms with E-state index in [4.69, 9.17) is 9.47 Å². The summed E-state index contributed by atoms with van der Waals surface area (Å²) in [6.07, 6.45) is 4.17. The lowest BCUT2D eigenvalue weighted by Crippen LogP contribution is -2.47. The number of amides is 1. The number of carbonyl (C=O) groups is 1. The topological polar surface area (TPSA) is 81.5 Å². The van der Waals surface area contributed by atoms with Gasteiger partial charge in [0.25, 0.3) is 5.91 Å². The Morgan fingerprint density at radius 1 is 1.26 bits per heavy atom. The van der Waals surface area contributed by atoms with Gasteiger partial charge in [0.05, 0.1) is 26.5 Å². The molecule has 0 atom stereocenters. The van der Waals surface area contributed by atoms with Crippen LogP contribution in [0.5, 0.6) is 11.5 Å². The average Bonchev–Trinajstić information content (AvgIpc) is 3.36. The number of hydrogen-bond acceptors (Lipinski definition) is 6. The third kappa shape index (κ3) is 3.90. The summed E-state index contributed by atoms with van der Waals surface area (Å²) in [5.41, 5.74) is 1.48. The van der Waals surface area contributed by atoms with Gasteiger partial charge in [-0.1, -0.05) is 17.3 Å². The maximum Gasteiger partial charge on any atom is 0.273 e. The van der Waals surface area contributed by atoms with Gasteiger partial charge in [-0.25, -0.2) is 4.68 Å². The van der Waals surface area contributed by atoms with Crippen LogP contribution in [0.25, 0.3) is 0 Å². The summed E-state index contributed by atoms with van der Waals surface area (Å²) in [6.45, 7) is 3.23. The first-order valence-electron chi connectivity index (χ1n) is 9.30. The molecule has 1 aliphatic heterocycles. The van der Waals surface area contributed by atoms with Crippen LogP contribution in [0.3, 0.4) is 0 Å². The first-order chi connectivity index (χ1) is 13.2. The number of hydrogen-bond donors (Lipinski definition) is 1. The van der Waals surface area contributed by atoms with Crippen molar-refractivity contribution in [2.75, 3.05) is 33.9 Å². The predicted molar refractivity (Wildman–Crippen MR) is 98.9 cm³/mol. The van der Waals surface area contributed by atoms with Gasteiger partial charge in [-0.05, 0) is 24.8 Å². The highest BCUT2D eigenvalue weighted by molar-refractivity contribution is 5.91. The van der Waals surface area contributed by atoms with Gasteiger partial charge >= 0.3 is 0 Å². The quantitative estimate of drug-likeness (QED) is 0.757. The van der Waals surface area contributed by atoms with Crippen molar-refractivity contribution < 1.29 is 14.3 Å². The Hall–Kier alpha value is -2.61. The summed E-state index contributed by atoms with van der Waals surface area (Å²) in [4.78, 5) is 14.4. The fourth-order valence-electron chi connectivity index (χ4n) is 3.37. The van der Waals surface area contributed by atoms with Crippen molar-refractivity contribution in [3.8, 4) is 11.5 Å². The molecule has 1 saturated carbocycles. The van der Waals surface area contributed by atoms with Crippen molar-refractivity contribution in [2.24, 2.45) is 5.92 Å². The average molecular weight is 371 g/mol. The van der Waals surface area contributed by atoms with Crippen LogP contribution in [-0.4, -0.2) is 59.7 Å². The van der Waals surface area contributed by atoms with Crippen LogP contribution < -0.4 is 14.8 Å². The molecule has 4 rings (SSSR count). The summed E-state index contributed by atoms with van der Waals surface area (Å²) in [5, 5.41) is 11.1. The SMILES string of the molecule is COc1cccc(CN2CC(n3cc(C(=O)NCC4CC4)nn3)C2)c1OC. The van der Waals surface area contributed by atoms with E-state index in [1.165, 1.54) is 12.8 Å². The number of para-hydroxylation sites is 1. The Balaban J connectivity index is 1.31. The number of nitrogens with one attached hydrogen (secondary N) is 1. The first-order valence-corrected chi connectivity index (χ1v) is 9.30. The highest BCUT2D eigenvalue weighted by atomic mass is 16.5. The summed E-state index contributed by atoms with van der Waals surface area (Å²) in [5.74, 6) is 2.03. The van der Waals surface area contributed by atoms with Crippen LogP contribution in [0, 0.1) is 5.92 Å². The van der Waals surface area contributed by atoms with E-state index in [1.54, 1.807) is 25.1 Å². The van der Waals surface area contributed by atoms with Gasteiger partial charge in [0.15, 0.2) is 17.2 Å². The Kier molecular flexibility index (Phi) is 4.98. The molecule has 0 radical (unpaired) electrons. The second-order valence-electron chi connectivity index (χ2n) is 7.24. The molecule has 1 saturated heterocycles. The zero-order valence-electron chi connectivity index (χ0n) is 15.7. The third-order valence-corrected chi connectivity index (χ3v) is 5.18. The molecule has 27 heavy (non-hydrogen) atoms. The molecule has 0 bridgehead atoms. The number of ether oxygens (including phenoxy) is 2. The zero-order valence-corrected chi connectivity index (χ0v) is 15.7. The molecule has 144 valence electrons. The van der Waals surface area contributed by atoms with Gasteiger partial charge in [-0.15, -0.1) is 5.10 Å². The largest absolute Gasteiger partial charge is 0.493 e. The molecule has 0 spiro atoms.